The predicted octanol–water partition coefficient (Wildman–Crippen LogP) is -0.134. The first kappa shape index (κ1) is 13.0. The number of aromatic nitrogens is 2. The molecule has 0 aliphatic heterocycles. The van der Waals surface area contributed by atoms with Gasteiger partial charge in [0.2, 0.25) is 0 Å². The highest BCUT2D eigenvalue weighted by molar-refractivity contribution is 5.01. The SMILES string of the molecule is Cc1nccc(CNCC(C)(CO)CO)n1. The van der Waals surface area contributed by atoms with E-state index in [0.717, 1.165) is 11.5 Å². The predicted molar refractivity (Wildman–Crippen MR) is 60.8 cm³/mol. The lowest BCUT2D eigenvalue weighted by Gasteiger charge is -2.24. The second-order valence-electron chi connectivity index (χ2n) is 4.33. The van der Waals surface area contributed by atoms with Gasteiger partial charge in [0.25, 0.3) is 0 Å². The Hall–Kier alpha value is -1.04. The molecule has 0 aromatic carbocycles. The van der Waals surface area contributed by atoms with Gasteiger partial charge < -0.3 is 15.5 Å². The Morgan fingerprint density at radius 3 is 2.62 bits per heavy atom. The van der Waals surface area contributed by atoms with E-state index in [9.17, 15) is 0 Å². The second-order valence-corrected chi connectivity index (χ2v) is 4.33. The molecule has 0 unspecified atom stereocenters. The molecular weight excluding hydrogens is 206 g/mol. The molecule has 0 saturated carbocycles. The fourth-order valence-electron chi connectivity index (χ4n) is 1.26. The molecule has 1 aromatic heterocycles. The third-order valence-electron chi connectivity index (χ3n) is 2.46. The molecule has 1 rings (SSSR count). The van der Waals surface area contributed by atoms with Gasteiger partial charge >= 0.3 is 0 Å². The van der Waals surface area contributed by atoms with E-state index in [0.29, 0.717) is 13.1 Å². The quantitative estimate of drug-likeness (QED) is 0.628. The van der Waals surface area contributed by atoms with Crippen molar-refractivity contribution in [2.45, 2.75) is 20.4 Å². The third kappa shape index (κ3) is 3.84. The van der Waals surface area contributed by atoms with E-state index in [1.807, 2.05) is 19.9 Å². The summed E-state index contributed by atoms with van der Waals surface area (Å²) < 4.78 is 0. The Morgan fingerprint density at radius 1 is 1.38 bits per heavy atom. The molecule has 90 valence electrons. The molecule has 16 heavy (non-hydrogen) atoms. The Balaban J connectivity index is 2.41. The van der Waals surface area contributed by atoms with Crippen LogP contribution in [0, 0.1) is 12.3 Å². The molecule has 0 spiro atoms. The largest absolute Gasteiger partial charge is 0.396 e. The zero-order chi connectivity index (χ0) is 12.0. The van der Waals surface area contributed by atoms with Crippen LogP contribution in [0.2, 0.25) is 0 Å². The number of aliphatic hydroxyl groups excluding tert-OH is 2. The number of aryl methyl sites for hydroxylation is 1. The fraction of sp³-hybridized carbons (Fsp3) is 0.636. The van der Waals surface area contributed by atoms with Crippen LogP contribution in [0.1, 0.15) is 18.4 Å². The minimum Gasteiger partial charge on any atom is -0.396 e. The van der Waals surface area contributed by atoms with Crippen molar-refractivity contribution >= 4 is 0 Å². The molecule has 1 aromatic rings. The summed E-state index contributed by atoms with van der Waals surface area (Å²) in [6.45, 7) is 4.74. The minimum atomic E-state index is -0.484. The monoisotopic (exact) mass is 225 g/mol. The first-order chi connectivity index (χ1) is 7.59. The van der Waals surface area contributed by atoms with E-state index in [-0.39, 0.29) is 13.2 Å². The van der Waals surface area contributed by atoms with Crippen LogP contribution in [0.4, 0.5) is 0 Å². The van der Waals surface area contributed by atoms with E-state index in [4.69, 9.17) is 10.2 Å². The van der Waals surface area contributed by atoms with Crippen molar-refractivity contribution in [3.63, 3.8) is 0 Å². The van der Waals surface area contributed by atoms with Gasteiger partial charge in [-0.05, 0) is 13.0 Å². The van der Waals surface area contributed by atoms with Crippen molar-refractivity contribution in [2.75, 3.05) is 19.8 Å². The summed E-state index contributed by atoms with van der Waals surface area (Å²) in [4.78, 5) is 8.26. The van der Waals surface area contributed by atoms with Crippen molar-refractivity contribution in [1.82, 2.24) is 15.3 Å². The summed E-state index contributed by atoms with van der Waals surface area (Å²) in [5.74, 6) is 0.742. The Labute approximate surface area is 95.6 Å². The van der Waals surface area contributed by atoms with Crippen LogP contribution < -0.4 is 5.32 Å². The van der Waals surface area contributed by atoms with Crippen LogP contribution in [-0.4, -0.2) is 39.9 Å². The molecule has 1 heterocycles. The number of nitrogens with one attached hydrogen (secondary N) is 1. The average Bonchev–Trinajstić information content (AvgIpc) is 2.29. The van der Waals surface area contributed by atoms with E-state index in [2.05, 4.69) is 15.3 Å². The van der Waals surface area contributed by atoms with Crippen LogP contribution in [-0.2, 0) is 6.54 Å². The highest BCUT2D eigenvalue weighted by atomic mass is 16.3. The zero-order valence-corrected chi connectivity index (χ0v) is 9.77. The van der Waals surface area contributed by atoms with Crippen molar-refractivity contribution in [2.24, 2.45) is 5.41 Å². The van der Waals surface area contributed by atoms with Gasteiger partial charge in [0.05, 0.1) is 18.9 Å². The molecule has 0 saturated heterocycles. The van der Waals surface area contributed by atoms with Crippen molar-refractivity contribution in [3.8, 4) is 0 Å². The van der Waals surface area contributed by atoms with Gasteiger partial charge in [-0.25, -0.2) is 9.97 Å². The molecule has 3 N–H and O–H groups in total. The molecule has 0 amide bonds. The smallest absolute Gasteiger partial charge is 0.125 e. The second kappa shape index (κ2) is 5.89. The summed E-state index contributed by atoms with van der Waals surface area (Å²) in [6.07, 6.45) is 1.72. The Morgan fingerprint density at radius 2 is 2.06 bits per heavy atom. The maximum atomic E-state index is 9.10. The number of aliphatic hydroxyl groups is 2. The Kier molecular flexibility index (Phi) is 4.79. The van der Waals surface area contributed by atoms with Gasteiger partial charge in [-0.15, -0.1) is 0 Å². The van der Waals surface area contributed by atoms with Crippen LogP contribution >= 0.6 is 0 Å². The van der Waals surface area contributed by atoms with Crippen molar-refractivity contribution < 1.29 is 10.2 Å². The molecule has 5 nitrogen and oxygen atoms in total. The summed E-state index contributed by atoms with van der Waals surface area (Å²) >= 11 is 0. The van der Waals surface area contributed by atoms with Gasteiger partial charge in [0.1, 0.15) is 5.82 Å². The summed E-state index contributed by atoms with van der Waals surface area (Å²) in [6, 6.07) is 1.84. The first-order valence-corrected chi connectivity index (χ1v) is 5.30. The summed E-state index contributed by atoms with van der Waals surface area (Å²) in [5.41, 5.74) is 0.424. The maximum absolute atomic E-state index is 9.10. The highest BCUT2D eigenvalue weighted by Gasteiger charge is 2.21. The highest BCUT2D eigenvalue weighted by Crippen LogP contribution is 2.12. The van der Waals surface area contributed by atoms with Gasteiger partial charge in [-0.3, -0.25) is 0 Å². The molecule has 5 heteroatoms. The average molecular weight is 225 g/mol. The van der Waals surface area contributed by atoms with Crippen molar-refractivity contribution in [1.29, 1.82) is 0 Å². The molecule has 0 bridgehead atoms. The molecular formula is C11H19N3O2. The standard InChI is InChI=1S/C11H19N3O2/c1-9-13-4-3-10(14-9)5-12-6-11(2,7-15)8-16/h3-4,12,15-16H,5-8H2,1-2H3. The van der Waals surface area contributed by atoms with E-state index in [1.165, 1.54) is 0 Å². The molecule has 0 aliphatic carbocycles. The molecule has 0 aliphatic rings. The molecule has 0 atom stereocenters. The van der Waals surface area contributed by atoms with E-state index < -0.39 is 5.41 Å². The van der Waals surface area contributed by atoms with E-state index >= 15 is 0 Å². The minimum absolute atomic E-state index is 0.0424. The van der Waals surface area contributed by atoms with Crippen molar-refractivity contribution in [3.05, 3.63) is 23.8 Å². The van der Waals surface area contributed by atoms with Gasteiger partial charge in [-0.1, -0.05) is 6.92 Å². The van der Waals surface area contributed by atoms with Gasteiger partial charge in [0.15, 0.2) is 0 Å². The number of hydrogen-bond donors (Lipinski definition) is 3. The number of rotatable bonds is 6. The summed E-state index contributed by atoms with van der Waals surface area (Å²) in [5, 5.41) is 21.4. The lowest BCUT2D eigenvalue weighted by molar-refractivity contribution is 0.0694. The maximum Gasteiger partial charge on any atom is 0.125 e. The van der Waals surface area contributed by atoms with Gasteiger partial charge in [-0.2, -0.15) is 0 Å². The van der Waals surface area contributed by atoms with E-state index in [1.54, 1.807) is 6.20 Å². The van der Waals surface area contributed by atoms with Crippen LogP contribution in [0.15, 0.2) is 12.3 Å². The lowest BCUT2D eigenvalue weighted by atomic mass is 9.93. The van der Waals surface area contributed by atoms with Gasteiger partial charge in [0, 0.05) is 24.7 Å². The topological polar surface area (TPSA) is 78.3 Å². The summed E-state index contributed by atoms with van der Waals surface area (Å²) in [7, 11) is 0. The zero-order valence-electron chi connectivity index (χ0n) is 9.77. The lowest BCUT2D eigenvalue weighted by Crippen LogP contribution is -2.37. The van der Waals surface area contributed by atoms with Crippen LogP contribution in [0.25, 0.3) is 0 Å². The third-order valence-corrected chi connectivity index (χ3v) is 2.46. The Bertz CT molecular complexity index is 327. The fourth-order valence-corrected chi connectivity index (χ4v) is 1.26. The van der Waals surface area contributed by atoms with Crippen LogP contribution in [0.3, 0.4) is 0 Å². The number of hydrogen-bond acceptors (Lipinski definition) is 5. The van der Waals surface area contributed by atoms with Crippen LogP contribution in [0.5, 0.6) is 0 Å². The first-order valence-electron chi connectivity index (χ1n) is 5.30. The molecule has 0 radical (unpaired) electrons. The number of nitrogens with zero attached hydrogens (tertiary/aromatic N) is 2. The normalized spacial score (nSPS) is 11.8. The molecule has 0 fully saturated rings.